The topological polar surface area (TPSA) is 87.2 Å². The number of hydrogen-bond donors (Lipinski definition) is 3. The molecule has 98 valence electrons. The number of carboxylic acid groups (broad SMARTS) is 1. The Morgan fingerprint density at radius 3 is 1.95 bits per heavy atom. The van der Waals surface area contributed by atoms with Crippen molar-refractivity contribution in [1.82, 2.24) is 0 Å². The molecule has 0 unspecified atom stereocenters. The molecule has 0 fully saturated rings. The molecule has 0 radical (unpaired) electrons. The maximum Gasteiger partial charge on any atom is 0.335 e. The smallest absolute Gasteiger partial charge is 0.335 e. The van der Waals surface area contributed by atoms with Crippen molar-refractivity contribution < 1.29 is 9.90 Å². The molecule has 4 heteroatoms. The van der Waals surface area contributed by atoms with Crippen molar-refractivity contribution in [1.29, 1.82) is 5.41 Å². The molecule has 19 heavy (non-hydrogen) atoms. The van der Waals surface area contributed by atoms with E-state index in [1.165, 1.54) is 0 Å². The van der Waals surface area contributed by atoms with Crippen LogP contribution in [0, 0.1) is 12.3 Å². The Balaban J connectivity index is 0.000000191. The Hall–Kier alpha value is -2.62. The summed E-state index contributed by atoms with van der Waals surface area (Å²) in [5.41, 5.74) is 7.50. The van der Waals surface area contributed by atoms with Crippen molar-refractivity contribution in [2.24, 2.45) is 5.73 Å². The number of hydrogen-bond acceptors (Lipinski definition) is 2. The summed E-state index contributed by atoms with van der Waals surface area (Å²) in [7, 11) is 0. The largest absolute Gasteiger partial charge is 0.478 e. The van der Waals surface area contributed by atoms with Gasteiger partial charge in [-0.1, -0.05) is 42.5 Å². The molecule has 4 nitrogen and oxygen atoms in total. The number of nitrogens with one attached hydrogen (secondary N) is 1. The second kappa shape index (κ2) is 6.96. The molecule has 0 aliphatic heterocycles. The van der Waals surface area contributed by atoms with Crippen LogP contribution in [0.5, 0.6) is 0 Å². The van der Waals surface area contributed by atoms with E-state index in [1.54, 1.807) is 30.3 Å². The number of nitrogen functional groups attached to an aromatic ring is 1. The molecule has 0 amide bonds. The van der Waals surface area contributed by atoms with Crippen LogP contribution in [0.4, 0.5) is 0 Å². The number of nitrogens with two attached hydrogens (primary N) is 1. The van der Waals surface area contributed by atoms with Crippen LogP contribution in [0.25, 0.3) is 0 Å². The highest BCUT2D eigenvalue weighted by molar-refractivity contribution is 5.96. The highest BCUT2D eigenvalue weighted by Gasteiger charge is 1.97. The highest BCUT2D eigenvalue weighted by Crippen LogP contribution is 2.04. The lowest BCUT2D eigenvalue weighted by molar-refractivity contribution is 0.0697. The number of carbonyl (C=O) groups is 1. The second-order valence-corrected chi connectivity index (χ2v) is 3.90. The van der Waals surface area contributed by atoms with E-state index in [-0.39, 0.29) is 5.84 Å². The molecule has 0 bridgehead atoms. The van der Waals surface area contributed by atoms with Gasteiger partial charge in [-0.3, -0.25) is 5.41 Å². The second-order valence-electron chi connectivity index (χ2n) is 3.90. The summed E-state index contributed by atoms with van der Waals surface area (Å²) in [6.45, 7) is 1.94. The molecule has 2 aromatic rings. The lowest BCUT2D eigenvalue weighted by atomic mass is 10.1. The Kier molecular flexibility index (Phi) is 5.29. The summed E-state index contributed by atoms with van der Waals surface area (Å²) in [6.07, 6.45) is 0. The zero-order valence-electron chi connectivity index (χ0n) is 10.6. The number of rotatable bonds is 2. The van der Waals surface area contributed by atoms with Crippen LogP contribution in [0.2, 0.25) is 0 Å². The lowest BCUT2D eigenvalue weighted by Crippen LogP contribution is -2.12. The van der Waals surface area contributed by atoms with Crippen molar-refractivity contribution >= 4 is 11.8 Å². The van der Waals surface area contributed by atoms with Crippen LogP contribution in [-0.4, -0.2) is 16.9 Å². The highest BCUT2D eigenvalue weighted by atomic mass is 16.4. The van der Waals surface area contributed by atoms with Gasteiger partial charge in [-0.2, -0.15) is 0 Å². The standard InChI is InChI=1S/C8H10N2.C7H6O2/c1-6-4-2-3-5-7(6)8(9)10;8-7(9)6-4-2-1-3-5-6/h2-5H,1H3,(H3,9,10);1-5H,(H,8,9). The number of amidine groups is 1. The predicted molar refractivity (Wildman–Crippen MR) is 75.6 cm³/mol. The maximum absolute atomic E-state index is 10.2. The molecular formula is C15H16N2O2. The van der Waals surface area contributed by atoms with E-state index in [0.29, 0.717) is 5.56 Å². The van der Waals surface area contributed by atoms with E-state index in [9.17, 15) is 4.79 Å². The maximum atomic E-state index is 10.2. The Morgan fingerprint density at radius 2 is 1.58 bits per heavy atom. The van der Waals surface area contributed by atoms with Crippen molar-refractivity contribution in [2.45, 2.75) is 6.92 Å². The minimum absolute atomic E-state index is 0.137. The van der Waals surface area contributed by atoms with Crippen molar-refractivity contribution in [3.05, 3.63) is 71.3 Å². The zero-order chi connectivity index (χ0) is 14.3. The molecule has 0 saturated heterocycles. The van der Waals surface area contributed by atoms with Crippen LogP contribution in [0.3, 0.4) is 0 Å². The monoisotopic (exact) mass is 256 g/mol. The van der Waals surface area contributed by atoms with Gasteiger partial charge in [0.2, 0.25) is 0 Å². The number of aryl methyl sites for hydroxylation is 1. The number of carboxylic acids is 1. The Labute approximate surface area is 112 Å². The quantitative estimate of drug-likeness (QED) is 0.570. The predicted octanol–water partition coefficient (Wildman–Crippen LogP) is 2.66. The fourth-order valence-corrected chi connectivity index (χ4v) is 1.46. The summed E-state index contributed by atoms with van der Waals surface area (Å²) in [6, 6.07) is 15.9. The van der Waals surface area contributed by atoms with Crippen LogP contribution in [-0.2, 0) is 0 Å². The van der Waals surface area contributed by atoms with Crippen molar-refractivity contribution in [2.75, 3.05) is 0 Å². The molecule has 0 aliphatic carbocycles. The summed E-state index contributed by atoms with van der Waals surface area (Å²) >= 11 is 0. The van der Waals surface area contributed by atoms with Gasteiger partial charge in [-0.05, 0) is 24.6 Å². The van der Waals surface area contributed by atoms with Gasteiger partial charge in [0.15, 0.2) is 0 Å². The summed E-state index contributed by atoms with van der Waals surface area (Å²) < 4.78 is 0. The number of aromatic carboxylic acids is 1. The SMILES string of the molecule is Cc1ccccc1C(=N)N.O=C(O)c1ccccc1. The van der Waals surface area contributed by atoms with E-state index < -0.39 is 5.97 Å². The number of benzene rings is 2. The summed E-state index contributed by atoms with van der Waals surface area (Å²) in [5.74, 6) is -0.742. The van der Waals surface area contributed by atoms with Crippen molar-refractivity contribution in [3.63, 3.8) is 0 Å². The molecule has 2 aromatic carbocycles. The lowest BCUT2D eigenvalue weighted by Gasteiger charge is -2.00. The van der Waals surface area contributed by atoms with Crippen LogP contribution < -0.4 is 5.73 Å². The third-order valence-electron chi connectivity index (χ3n) is 2.46. The molecule has 0 aliphatic rings. The zero-order valence-corrected chi connectivity index (χ0v) is 10.6. The third-order valence-corrected chi connectivity index (χ3v) is 2.46. The van der Waals surface area contributed by atoms with Crippen molar-refractivity contribution in [3.8, 4) is 0 Å². The van der Waals surface area contributed by atoms with E-state index in [0.717, 1.165) is 11.1 Å². The van der Waals surface area contributed by atoms with Gasteiger partial charge < -0.3 is 10.8 Å². The fraction of sp³-hybridized carbons (Fsp3) is 0.0667. The molecule has 0 atom stereocenters. The third kappa shape index (κ3) is 4.63. The minimum atomic E-state index is -0.879. The van der Waals surface area contributed by atoms with Gasteiger partial charge >= 0.3 is 5.97 Å². The first kappa shape index (κ1) is 14.4. The van der Waals surface area contributed by atoms with Gasteiger partial charge in [-0.15, -0.1) is 0 Å². The summed E-state index contributed by atoms with van der Waals surface area (Å²) in [4.78, 5) is 10.2. The molecule has 0 heterocycles. The van der Waals surface area contributed by atoms with E-state index in [1.807, 2.05) is 31.2 Å². The average Bonchev–Trinajstić information content (AvgIpc) is 2.40. The van der Waals surface area contributed by atoms with Crippen LogP contribution in [0.1, 0.15) is 21.5 Å². The van der Waals surface area contributed by atoms with E-state index in [4.69, 9.17) is 16.2 Å². The van der Waals surface area contributed by atoms with Gasteiger partial charge in [0.25, 0.3) is 0 Å². The van der Waals surface area contributed by atoms with E-state index in [2.05, 4.69) is 0 Å². The average molecular weight is 256 g/mol. The normalized spacial score (nSPS) is 9.11. The van der Waals surface area contributed by atoms with Gasteiger partial charge in [0.1, 0.15) is 5.84 Å². The fourth-order valence-electron chi connectivity index (χ4n) is 1.46. The Bertz CT molecular complexity index is 565. The Morgan fingerprint density at radius 1 is 1.05 bits per heavy atom. The summed E-state index contributed by atoms with van der Waals surface area (Å²) in [5, 5.41) is 15.5. The first-order chi connectivity index (χ1) is 9.02. The molecule has 4 N–H and O–H groups in total. The molecule has 2 rings (SSSR count). The first-order valence-corrected chi connectivity index (χ1v) is 5.70. The van der Waals surface area contributed by atoms with Crippen LogP contribution >= 0.6 is 0 Å². The van der Waals surface area contributed by atoms with Gasteiger partial charge in [-0.25, -0.2) is 4.79 Å². The molecule has 0 aromatic heterocycles. The molecule has 0 saturated carbocycles. The van der Waals surface area contributed by atoms with Crippen LogP contribution in [0.15, 0.2) is 54.6 Å². The molecule has 0 spiro atoms. The first-order valence-electron chi connectivity index (χ1n) is 5.70. The van der Waals surface area contributed by atoms with Gasteiger partial charge in [0.05, 0.1) is 5.56 Å². The van der Waals surface area contributed by atoms with Gasteiger partial charge in [0, 0.05) is 5.56 Å². The molecular weight excluding hydrogens is 240 g/mol. The van der Waals surface area contributed by atoms with E-state index >= 15 is 0 Å². The minimum Gasteiger partial charge on any atom is -0.478 e.